The zero-order valence-corrected chi connectivity index (χ0v) is 10.3. The van der Waals surface area contributed by atoms with Crippen LogP contribution >= 0.6 is 0 Å². The fourth-order valence-electron chi connectivity index (χ4n) is 2.02. The summed E-state index contributed by atoms with van der Waals surface area (Å²) in [7, 11) is 1.66. The Labute approximate surface area is 105 Å². The zero-order valence-electron chi connectivity index (χ0n) is 10.3. The second-order valence-corrected chi connectivity index (χ2v) is 4.18. The summed E-state index contributed by atoms with van der Waals surface area (Å²) in [5, 5.41) is 0. The first-order valence-electron chi connectivity index (χ1n) is 5.85. The van der Waals surface area contributed by atoms with Crippen LogP contribution in [0.3, 0.4) is 0 Å². The van der Waals surface area contributed by atoms with Crippen molar-refractivity contribution in [2.75, 3.05) is 25.6 Å². The fraction of sp³-hybridized carbons (Fsp3) is 0.545. The molecule has 98 valence electrons. The molecule has 1 unspecified atom stereocenters. The molecule has 0 radical (unpaired) electrons. The number of methoxy groups -OCH3 is 1. The molecule has 0 spiro atoms. The molecule has 1 saturated heterocycles. The van der Waals surface area contributed by atoms with Crippen molar-refractivity contribution in [2.45, 2.75) is 18.9 Å². The number of nitrogen functional groups attached to an aromatic ring is 1. The third-order valence-corrected chi connectivity index (χ3v) is 3.00. The molecular weight excluding hydrogens is 234 g/mol. The molecule has 1 aromatic heterocycles. The van der Waals surface area contributed by atoms with Crippen LogP contribution in [0.4, 0.5) is 5.82 Å². The lowest BCUT2D eigenvalue weighted by Gasteiger charge is -2.31. The predicted octanol–water partition coefficient (Wildman–Crippen LogP) is 0.0132. The first-order valence-corrected chi connectivity index (χ1v) is 5.85. The number of nitrogens with zero attached hydrogens (tertiary/aromatic N) is 3. The van der Waals surface area contributed by atoms with E-state index in [9.17, 15) is 4.79 Å². The average Bonchev–Trinajstić information content (AvgIpc) is 2.46. The molecule has 2 heterocycles. The maximum Gasteiger partial charge on any atom is 0.274 e. The molecule has 7 nitrogen and oxygen atoms in total. The van der Waals surface area contributed by atoms with E-state index in [-0.39, 0.29) is 12.0 Å². The fourth-order valence-corrected chi connectivity index (χ4v) is 2.02. The second-order valence-electron chi connectivity index (χ2n) is 4.18. The minimum absolute atomic E-state index is 0.103. The van der Waals surface area contributed by atoms with Crippen LogP contribution in [-0.2, 0) is 4.74 Å². The number of nitrogens with one attached hydrogen (secondary N) is 1. The number of hydrogen-bond donors (Lipinski definition) is 2. The lowest BCUT2D eigenvalue weighted by atomic mass is 10.1. The van der Waals surface area contributed by atoms with E-state index in [4.69, 9.17) is 10.6 Å². The zero-order chi connectivity index (χ0) is 13.0. The van der Waals surface area contributed by atoms with Gasteiger partial charge in [-0.25, -0.2) is 10.8 Å². The summed E-state index contributed by atoms with van der Waals surface area (Å²) in [6.45, 7) is 1.32. The van der Waals surface area contributed by atoms with Crippen LogP contribution < -0.4 is 11.3 Å². The Morgan fingerprint density at radius 2 is 2.44 bits per heavy atom. The van der Waals surface area contributed by atoms with E-state index in [1.807, 2.05) is 0 Å². The van der Waals surface area contributed by atoms with Crippen molar-refractivity contribution in [3.8, 4) is 0 Å². The summed E-state index contributed by atoms with van der Waals surface area (Å²) in [5.74, 6) is 5.48. The van der Waals surface area contributed by atoms with E-state index >= 15 is 0 Å². The van der Waals surface area contributed by atoms with Gasteiger partial charge >= 0.3 is 0 Å². The van der Waals surface area contributed by atoms with Crippen LogP contribution in [0.25, 0.3) is 0 Å². The van der Waals surface area contributed by atoms with E-state index in [1.165, 1.54) is 12.4 Å². The predicted molar refractivity (Wildman–Crippen MR) is 65.8 cm³/mol. The number of rotatable bonds is 3. The van der Waals surface area contributed by atoms with Gasteiger partial charge in [0.1, 0.15) is 5.69 Å². The summed E-state index contributed by atoms with van der Waals surface area (Å²) in [6, 6.07) is 0. The number of carbonyl (C=O) groups is 1. The topological polar surface area (TPSA) is 93.4 Å². The first-order chi connectivity index (χ1) is 8.74. The van der Waals surface area contributed by atoms with Crippen LogP contribution in [0.2, 0.25) is 0 Å². The van der Waals surface area contributed by atoms with Crippen molar-refractivity contribution in [3.05, 3.63) is 18.1 Å². The quantitative estimate of drug-likeness (QED) is 0.581. The molecule has 2 rings (SSSR count). The normalized spacial score (nSPS) is 19.7. The third kappa shape index (κ3) is 2.74. The molecule has 1 aliphatic rings. The molecular formula is C11H17N5O2. The van der Waals surface area contributed by atoms with E-state index in [0.29, 0.717) is 18.1 Å². The summed E-state index contributed by atoms with van der Waals surface area (Å²) in [6.07, 6.45) is 4.93. The molecule has 1 atom stereocenters. The number of anilines is 1. The highest BCUT2D eigenvalue weighted by Gasteiger charge is 2.25. The molecule has 1 fully saturated rings. The van der Waals surface area contributed by atoms with Gasteiger partial charge < -0.3 is 15.1 Å². The van der Waals surface area contributed by atoms with Crippen LogP contribution in [-0.4, -0.2) is 47.1 Å². The van der Waals surface area contributed by atoms with E-state index in [0.717, 1.165) is 19.4 Å². The number of hydrazine groups is 1. The van der Waals surface area contributed by atoms with Gasteiger partial charge in [-0.15, -0.1) is 0 Å². The van der Waals surface area contributed by atoms with Gasteiger partial charge in [0.2, 0.25) is 0 Å². The summed E-state index contributed by atoms with van der Waals surface area (Å²) in [4.78, 5) is 22.0. The lowest BCUT2D eigenvalue weighted by molar-refractivity contribution is 0.0265. The number of likely N-dealkylation sites (tertiary alicyclic amines) is 1. The number of piperidine rings is 1. The van der Waals surface area contributed by atoms with Crippen LogP contribution in [0.15, 0.2) is 12.4 Å². The Balaban J connectivity index is 2.10. The summed E-state index contributed by atoms with van der Waals surface area (Å²) >= 11 is 0. The van der Waals surface area contributed by atoms with Crippen LogP contribution in [0.1, 0.15) is 23.3 Å². The van der Waals surface area contributed by atoms with Crippen molar-refractivity contribution >= 4 is 11.7 Å². The van der Waals surface area contributed by atoms with Gasteiger partial charge in [0, 0.05) is 20.2 Å². The monoisotopic (exact) mass is 251 g/mol. The highest BCUT2D eigenvalue weighted by Crippen LogP contribution is 2.15. The second kappa shape index (κ2) is 5.74. The maximum absolute atomic E-state index is 12.2. The van der Waals surface area contributed by atoms with Crippen molar-refractivity contribution in [1.29, 1.82) is 0 Å². The van der Waals surface area contributed by atoms with E-state index < -0.39 is 0 Å². The highest BCUT2D eigenvalue weighted by atomic mass is 16.5. The Bertz CT molecular complexity index is 426. The Kier molecular flexibility index (Phi) is 4.06. The minimum Gasteiger partial charge on any atom is -0.380 e. The molecule has 0 saturated carbocycles. The summed E-state index contributed by atoms with van der Waals surface area (Å²) < 4.78 is 5.29. The molecule has 0 bridgehead atoms. The first kappa shape index (κ1) is 12.7. The van der Waals surface area contributed by atoms with Gasteiger partial charge in [-0.2, -0.15) is 0 Å². The minimum atomic E-state index is -0.138. The van der Waals surface area contributed by atoms with Gasteiger partial charge in [0.15, 0.2) is 5.82 Å². The molecule has 0 aliphatic carbocycles. The Morgan fingerprint density at radius 3 is 3.17 bits per heavy atom. The largest absolute Gasteiger partial charge is 0.380 e. The van der Waals surface area contributed by atoms with Gasteiger partial charge in [0.25, 0.3) is 5.91 Å². The van der Waals surface area contributed by atoms with Crippen LogP contribution in [0.5, 0.6) is 0 Å². The van der Waals surface area contributed by atoms with Crippen molar-refractivity contribution in [2.24, 2.45) is 5.84 Å². The van der Waals surface area contributed by atoms with E-state index in [1.54, 1.807) is 12.0 Å². The van der Waals surface area contributed by atoms with Gasteiger partial charge in [0.05, 0.1) is 18.5 Å². The molecule has 1 aromatic rings. The number of aromatic nitrogens is 2. The Morgan fingerprint density at radius 1 is 1.61 bits per heavy atom. The van der Waals surface area contributed by atoms with Crippen molar-refractivity contribution in [3.63, 3.8) is 0 Å². The molecule has 7 heteroatoms. The molecule has 18 heavy (non-hydrogen) atoms. The SMILES string of the molecule is COC1CCCN(C(=O)c2cncc(NN)n2)C1. The van der Waals surface area contributed by atoms with Gasteiger partial charge in [-0.3, -0.25) is 9.78 Å². The highest BCUT2D eigenvalue weighted by molar-refractivity contribution is 5.92. The smallest absolute Gasteiger partial charge is 0.274 e. The molecule has 0 aromatic carbocycles. The molecule has 3 N–H and O–H groups in total. The Hall–Kier alpha value is -1.73. The number of ether oxygens (including phenoxy) is 1. The van der Waals surface area contributed by atoms with Gasteiger partial charge in [-0.05, 0) is 12.8 Å². The average molecular weight is 251 g/mol. The van der Waals surface area contributed by atoms with Crippen LogP contribution in [0, 0.1) is 0 Å². The standard InChI is InChI=1S/C11H17N5O2/c1-18-8-3-2-4-16(7-8)11(17)9-5-13-6-10(14-9)15-12/h5-6,8H,2-4,7,12H2,1H3,(H,14,15). The molecule has 1 amide bonds. The van der Waals surface area contributed by atoms with Gasteiger partial charge in [-0.1, -0.05) is 0 Å². The lowest BCUT2D eigenvalue weighted by Crippen LogP contribution is -2.43. The maximum atomic E-state index is 12.2. The number of nitrogens with two attached hydrogens (primary N) is 1. The number of carbonyl (C=O) groups excluding carboxylic acids is 1. The van der Waals surface area contributed by atoms with Crippen molar-refractivity contribution < 1.29 is 9.53 Å². The molecule has 1 aliphatic heterocycles. The third-order valence-electron chi connectivity index (χ3n) is 3.00. The number of hydrogen-bond acceptors (Lipinski definition) is 6. The van der Waals surface area contributed by atoms with Crippen molar-refractivity contribution in [1.82, 2.24) is 14.9 Å². The van der Waals surface area contributed by atoms with E-state index in [2.05, 4.69) is 15.4 Å². The number of amides is 1. The summed E-state index contributed by atoms with van der Waals surface area (Å²) in [5.41, 5.74) is 2.67.